The number of carbonyl (C=O) groups excluding carboxylic acids is 1. The lowest BCUT2D eigenvalue weighted by Gasteiger charge is -2.34. The van der Waals surface area contributed by atoms with Crippen molar-refractivity contribution >= 4 is 5.91 Å². The molecule has 1 N–H and O–H groups in total. The molecule has 2 aliphatic rings. The number of amides is 1. The smallest absolute Gasteiger partial charge is 0.241 e. The van der Waals surface area contributed by atoms with E-state index in [1.54, 1.807) is 0 Å². The third kappa shape index (κ3) is 2.09. The highest BCUT2D eigenvalue weighted by Gasteiger charge is 2.40. The molecule has 4 heteroatoms. The number of hydrogen-bond acceptors (Lipinski definition) is 3. The molecule has 0 aliphatic carbocycles. The molecule has 0 aromatic carbocycles. The molecular formula is C12H22N2O2. The summed E-state index contributed by atoms with van der Waals surface area (Å²) in [5.74, 6) is 0.293. The Morgan fingerprint density at radius 2 is 2.00 bits per heavy atom. The van der Waals surface area contributed by atoms with Gasteiger partial charge in [0, 0.05) is 19.3 Å². The van der Waals surface area contributed by atoms with Gasteiger partial charge in [0.2, 0.25) is 5.91 Å². The SMILES string of the molecule is CCC1NC(CC)N(C2CCOCC2)C1=O. The first kappa shape index (κ1) is 11.9. The van der Waals surface area contributed by atoms with E-state index < -0.39 is 0 Å². The first-order valence-corrected chi connectivity index (χ1v) is 6.43. The van der Waals surface area contributed by atoms with Crippen LogP contribution in [0.1, 0.15) is 39.5 Å². The van der Waals surface area contributed by atoms with Crippen LogP contribution < -0.4 is 5.32 Å². The molecule has 0 radical (unpaired) electrons. The molecular weight excluding hydrogens is 204 g/mol. The van der Waals surface area contributed by atoms with E-state index in [0.29, 0.717) is 11.9 Å². The van der Waals surface area contributed by atoms with Crippen LogP contribution in [-0.2, 0) is 9.53 Å². The van der Waals surface area contributed by atoms with Gasteiger partial charge in [-0.1, -0.05) is 13.8 Å². The van der Waals surface area contributed by atoms with Gasteiger partial charge in [0.15, 0.2) is 0 Å². The van der Waals surface area contributed by atoms with Crippen LogP contribution in [-0.4, -0.2) is 42.3 Å². The predicted molar refractivity (Wildman–Crippen MR) is 62.0 cm³/mol. The molecule has 2 fully saturated rings. The van der Waals surface area contributed by atoms with E-state index in [9.17, 15) is 4.79 Å². The van der Waals surface area contributed by atoms with Gasteiger partial charge in [0.05, 0.1) is 12.2 Å². The van der Waals surface area contributed by atoms with Crippen molar-refractivity contribution in [3.8, 4) is 0 Å². The van der Waals surface area contributed by atoms with Crippen molar-refractivity contribution in [2.75, 3.05) is 13.2 Å². The molecule has 0 spiro atoms. The van der Waals surface area contributed by atoms with E-state index in [2.05, 4.69) is 24.1 Å². The normalized spacial score (nSPS) is 32.4. The fourth-order valence-corrected chi connectivity index (χ4v) is 2.72. The second-order valence-electron chi connectivity index (χ2n) is 4.64. The Bertz CT molecular complexity index is 251. The van der Waals surface area contributed by atoms with E-state index >= 15 is 0 Å². The summed E-state index contributed by atoms with van der Waals surface area (Å²) in [5, 5.41) is 3.42. The largest absolute Gasteiger partial charge is 0.381 e. The van der Waals surface area contributed by atoms with E-state index in [1.165, 1.54) is 0 Å². The van der Waals surface area contributed by atoms with Gasteiger partial charge in [-0.05, 0) is 25.7 Å². The molecule has 2 atom stereocenters. The van der Waals surface area contributed by atoms with E-state index in [4.69, 9.17) is 4.74 Å². The molecule has 0 aromatic rings. The third-order valence-corrected chi connectivity index (χ3v) is 3.66. The molecule has 2 aliphatic heterocycles. The van der Waals surface area contributed by atoms with E-state index in [0.717, 1.165) is 38.9 Å². The van der Waals surface area contributed by atoms with Gasteiger partial charge < -0.3 is 9.64 Å². The summed E-state index contributed by atoms with van der Waals surface area (Å²) in [6.07, 6.45) is 4.08. The molecule has 0 saturated carbocycles. The summed E-state index contributed by atoms with van der Waals surface area (Å²) in [6, 6.07) is 0.419. The molecule has 92 valence electrons. The van der Waals surface area contributed by atoms with Crippen LogP contribution >= 0.6 is 0 Å². The van der Waals surface area contributed by atoms with Crippen LogP contribution in [0.2, 0.25) is 0 Å². The lowest BCUT2D eigenvalue weighted by atomic mass is 10.1. The summed E-state index contributed by atoms with van der Waals surface area (Å²) in [6.45, 7) is 5.79. The first-order valence-electron chi connectivity index (χ1n) is 6.43. The zero-order chi connectivity index (χ0) is 11.5. The summed E-state index contributed by atoms with van der Waals surface area (Å²) < 4.78 is 5.36. The Kier molecular flexibility index (Phi) is 3.82. The number of carbonyl (C=O) groups is 1. The molecule has 0 aromatic heterocycles. The minimum Gasteiger partial charge on any atom is -0.381 e. The molecule has 4 nitrogen and oxygen atoms in total. The quantitative estimate of drug-likeness (QED) is 0.784. The molecule has 0 bridgehead atoms. The zero-order valence-corrected chi connectivity index (χ0v) is 10.2. The number of hydrogen-bond donors (Lipinski definition) is 1. The van der Waals surface area contributed by atoms with Crippen LogP contribution in [0.15, 0.2) is 0 Å². The Morgan fingerprint density at radius 1 is 1.31 bits per heavy atom. The topological polar surface area (TPSA) is 41.6 Å². The number of rotatable bonds is 3. The molecule has 2 unspecified atom stereocenters. The van der Waals surface area contributed by atoms with Crippen LogP contribution in [0.5, 0.6) is 0 Å². The summed E-state index contributed by atoms with van der Waals surface area (Å²) in [5.41, 5.74) is 0. The van der Waals surface area contributed by atoms with Gasteiger partial charge in [0.25, 0.3) is 0 Å². The number of ether oxygens (including phenoxy) is 1. The summed E-state index contributed by atoms with van der Waals surface area (Å²) >= 11 is 0. The van der Waals surface area contributed by atoms with Gasteiger partial charge in [-0.2, -0.15) is 0 Å². The Hall–Kier alpha value is -0.610. The Balaban J connectivity index is 2.07. The van der Waals surface area contributed by atoms with Gasteiger partial charge in [-0.3, -0.25) is 10.1 Å². The van der Waals surface area contributed by atoms with E-state index in [-0.39, 0.29) is 12.2 Å². The summed E-state index contributed by atoms with van der Waals surface area (Å²) in [7, 11) is 0. The highest BCUT2D eigenvalue weighted by atomic mass is 16.5. The Morgan fingerprint density at radius 3 is 2.56 bits per heavy atom. The highest BCUT2D eigenvalue weighted by molar-refractivity contribution is 5.84. The molecule has 2 heterocycles. The predicted octanol–water partition coefficient (Wildman–Crippen LogP) is 1.11. The van der Waals surface area contributed by atoms with Gasteiger partial charge in [0.1, 0.15) is 0 Å². The van der Waals surface area contributed by atoms with Crippen molar-refractivity contribution in [2.24, 2.45) is 0 Å². The van der Waals surface area contributed by atoms with Crippen molar-refractivity contribution in [3.05, 3.63) is 0 Å². The second-order valence-corrected chi connectivity index (χ2v) is 4.64. The molecule has 1 amide bonds. The van der Waals surface area contributed by atoms with Crippen LogP contribution in [0.3, 0.4) is 0 Å². The fraction of sp³-hybridized carbons (Fsp3) is 0.917. The average molecular weight is 226 g/mol. The maximum absolute atomic E-state index is 12.2. The molecule has 2 rings (SSSR count). The Labute approximate surface area is 97.3 Å². The van der Waals surface area contributed by atoms with Crippen molar-refractivity contribution in [1.82, 2.24) is 10.2 Å². The van der Waals surface area contributed by atoms with Gasteiger partial charge in [-0.25, -0.2) is 0 Å². The second kappa shape index (κ2) is 5.15. The molecule has 2 saturated heterocycles. The van der Waals surface area contributed by atoms with E-state index in [1.807, 2.05) is 0 Å². The highest BCUT2D eigenvalue weighted by Crippen LogP contribution is 2.24. The van der Waals surface area contributed by atoms with Crippen molar-refractivity contribution in [1.29, 1.82) is 0 Å². The van der Waals surface area contributed by atoms with Gasteiger partial charge >= 0.3 is 0 Å². The number of nitrogens with zero attached hydrogens (tertiary/aromatic N) is 1. The maximum Gasteiger partial charge on any atom is 0.241 e. The van der Waals surface area contributed by atoms with Crippen molar-refractivity contribution < 1.29 is 9.53 Å². The van der Waals surface area contributed by atoms with Crippen LogP contribution in [0, 0.1) is 0 Å². The first-order chi connectivity index (χ1) is 7.77. The minimum absolute atomic E-state index is 0.0350. The monoisotopic (exact) mass is 226 g/mol. The van der Waals surface area contributed by atoms with Gasteiger partial charge in [-0.15, -0.1) is 0 Å². The molecule has 16 heavy (non-hydrogen) atoms. The van der Waals surface area contributed by atoms with Crippen molar-refractivity contribution in [3.63, 3.8) is 0 Å². The van der Waals surface area contributed by atoms with Crippen LogP contribution in [0.25, 0.3) is 0 Å². The fourth-order valence-electron chi connectivity index (χ4n) is 2.72. The lowest BCUT2D eigenvalue weighted by Crippen LogP contribution is -2.46. The number of nitrogens with one attached hydrogen (secondary N) is 1. The third-order valence-electron chi connectivity index (χ3n) is 3.66. The average Bonchev–Trinajstić information content (AvgIpc) is 2.66. The van der Waals surface area contributed by atoms with Crippen molar-refractivity contribution in [2.45, 2.75) is 57.8 Å². The lowest BCUT2D eigenvalue weighted by molar-refractivity contribution is -0.134. The standard InChI is InChI=1S/C12H22N2O2/c1-3-10-12(15)14(11(4-2)13-10)9-5-7-16-8-6-9/h9-11,13H,3-8H2,1-2H3. The minimum atomic E-state index is 0.0350. The maximum atomic E-state index is 12.2. The zero-order valence-electron chi connectivity index (χ0n) is 10.2. The summed E-state index contributed by atoms with van der Waals surface area (Å²) in [4.78, 5) is 14.3. The van der Waals surface area contributed by atoms with Crippen LogP contribution in [0.4, 0.5) is 0 Å².